The lowest BCUT2D eigenvalue weighted by Gasteiger charge is -2.49. The van der Waals surface area contributed by atoms with Crippen molar-refractivity contribution < 1.29 is 16.5 Å². The minimum Gasteiger partial charge on any atom is -0.416 e. The highest BCUT2D eigenvalue weighted by molar-refractivity contribution is 6.95. The van der Waals surface area contributed by atoms with E-state index in [1.807, 2.05) is 5.70 Å². The maximum Gasteiger partial charge on any atom is 0.346 e. The molecular weight excluding hydrogens is 320 g/mol. The molecule has 1 fully saturated rings. The third kappa shape index (κ3) is 4.23. The fourth-order valence-electron chi connectivity index (χ4n) is 2.76. The van der Waals surface area contributed by atoms with Crippen LogP contribution in [0.15, 0.2) is 12.3 Å². The number of rotatable bonds is 4. The summed E-state index contributed by atoms with van der Waals surface area (Å²) < 4.78 is 26.0. The first-order valence-corrected chi connectivity index (χ1v) is 17.5. The summed E-state index contributed by atoms with van der Waals surface area (Å²) in [5.41, 5.74) is 1.92. The van der Waals surface area contributed by atoms with Crippen LogP contribution in [0.2, 0.25) is 44.3 Å². The van der Waals surface area contributed by atoms with Crippen LogP contribution in [0.1, 0.15) is 20.8 Å². The van der Waals surface area contributed by atoms with E-state index in [0.29, 0.717) is 0 Å². The van der Waals surface area contributed by atoms with Gasteiger partial charge in [-0.1, -0.05) is 26.5 Å². The largest absolute Gasteiger partial charge is 0.416 e. The van der Waals surface area contributed by atoms with Gasteiger partial charge in [0.25, 0.3) is 0 Å². The molecule has 20 heavy (non-hydrogen) atoms. The van der Waals surface area contributed by atoms with Gasteiger partial charge in [0.2, 0.25) is 0 Å². The highest BCUT2D eigenvalue weighted by Crippen LogP contribution is 2.35. The van der Waals surface area contributed by atoms with Crippen LogP contribution in [0.3, 0.4) is 0 Å². The lowest BCUT2D eigenvalue weighted by molar-refractivity contribution is 0.231. The van der Waals surface area contributed by atoms with Crippen molar-refractivity contribution in [2.24, 2.45) is 0 Å². The Morgan fingerprint density at radius 3 is 1.65 bits per heavy atom. The van der Waals surface area contributed by atoms with Crippen molar-refractivity contribution >= 4 is 34.2 Å². The zero-order valence-corrected chi connectivity index (χ0v) is 18.0. The second-order valence-corrected chi connectivity index (χ2v) is 21.0. The van der Waals surface area contributed by atoms with Gasteiger partial charge in [-0.25, -0.2) is 0 Å². The van der Waals surface area contributed by atoms with E-state index in [9.17, 15) is 0 Å². The molecule has 0 aromatic rings. The van der Waals surface area contributed by atoms with Crippen molar-refractivity contribution in [2.75, 3.05) is 0 Å². The van der Waals surface area contributed by atoms with Gasteiger partial charge in [0.05, 0.1) is 0 Å². The normalized spacial score (nSPS) is 32.1. The van der Waals surface area contributed by atoms with Gasteiger partial charge in [0, 0.05) is 0 Å². The van der Waals surface area contributed by atoms with Crippen LogP contribution in [-0.4, -0.2) is 34.2 Å². The molecule has 1 unspecified atom stereocenters. The van der Waals surface area contributed by atoms with Crippen molar-refractivity contribution in [3.8, 4) is 0 Å². The molecule has 0 saturated carbocycles. The van der Waals surface area contributed by atoms with Crippen LogP contribution >= 0.6 is 0 Å². The Labute approximate surface area is 128 Å². The highest BCUT2D eigenvalue weighted by Gasteiger charge is 2.54. The van der Waals surface area contributed by atoms with E-state index >= 15 is 0 Å². The molecule has 8 heteroatoms. The van der Waals surface area contributed by atoms with E-state index in [-0.39, 0.29) is 0 Å². The van der Waals surface area contributed by atoms with Crippen LogP contribution in [0, 0.1) is 0 Å². The molecule has 1 heterocycles. The first kappa shape index (κ1) is 18.5. The third-order valence-electron chi connectivity index (χ3n) is 3.58. The van der Waals surface area contributed by atoms with Crippen molar-refractivity contribution in [2.45, 2.75) is 65.1 Å². The van der Waals surface area contributed by atoms with Gasteiger partial charge in [-0.05, 0) is 44.3 Å². The minimum absolute atomic E-state index is 0.858. The molecule has 0 amide bonds. The second kappa shape index (κ2) is 6.29. The molecule has 4 nitrogen and oxygen atoms in total. The summed E-state index contributed by atoms with van der Waals surface area (Å²) in [5, 5.41) is 0. The topological polar surface area (TPSA) is 36.9 Å². The lowest BCUT2D eigenvalue weighted by atomic mass is 10.9. The number of hydrogen-bond acceptors (Lipinski definition) is 4. The number of hydrogen-bond donors (Lipinski definition) is 0. The fraction of sp³-hybridized carbons (Fsp3) is 0.833. The van der Waals surface area contributed by atoms with E-state index in [4.69, 9.17) is 16.5 Å². The third-order valence-corrected chi connectivity index (χ3v) is 20.9. The highest BCUT2D eigenvalue weighted by atomic mass is 28.5. The summed E-state index contributed by atoms with van der Waals surface area (Å²) in [4.78, 5) is 0. The minimum atomic E-state index is -2.43. The van der Waals surface area contributed by atoms with Crippen molar-refractivity contribution in [1.82, 2.24) is 0 Å². The standard InChI is InChI=1S/C12H30O4Si4/c1-9-19(10-2)14-17(5,6)13-18(7,8)15-20(11-3,12-4)16-19/h9H,1,10-12H2,2-8H3. The Balaban J connectivity index is 3.25. The SMILES string of the molecule is C=C[Si]1(CC)O[Si](C)(C)O[Si](C)(C)O[Si](CC)(CC)O1. The van der Waals surface area contributed by atoms with Gasteiger partial charge in [-0.2, -0.15) is 0 Å². The average molecular weight is 351 g/mol. The Morgan fingerprint density at radius 1 is 0.750 bits per heavy atom. The predicted octanol–water partition coefficient (Wildman–Crippen LogP) is 4.14. The van der Waals surface area contributed by atoms with Gasteiger partial charge in [-0.3, -0.25) is 0 Å². The Kier molecular flexibility index (Phi) is 5.81. The average Bonchev–Trinajstić information content (AvgIpc) is 2.33. The van der Waals surface area contributed by atoms with Crippen LogP contribution in [-0.2, 0) is 16.5 Å². The van der Waals surface area contributed by atoms with Crippen LogP contribution in [0.25, 0.3) is 0 Å². The summed E-state index contributed by atoms with van der Waals surface area (Å²) in [6.07, 6.45) is 0. The van der Waals surface area contributed by atoms with Crippen LogP contribution < -0.4 is 0 Å². The van der Waals surface area contributed by atoms with Gasteiger partial charge in [-0.15, -0.1) is 6.58 Å². The van der Waals surface area contributed by atoms with E-state index in [1.165, 1.54) is 0 Å². The molecule has 0 radical (unpaired) electrons. The zero-order valence-electron chi connectivity index (χ0n) is 14.0. The Hall–Kier alpha value is 0.448. The van der Waals surface area contributed by atoms with Crippen LogP contribution in [0.5, 0.6) is 0 Å². The van der Waals surface area contributed by atoms with E-state index in [2.05, 4.69) is 53.5 Å². The van der Waals surface area contributed by atoms with E-state index in [0.717, 1.165) is 18.1 Å². The zero-order chi connectivity index (χ0) is 15.7. The monoisotopic (exact) mass is 350 g/mol. The summed E-state index contributed by atoms with van der Waals surface area (Å²) in [6.45, 7) is 18.8. The quantitative estimate of drug-likeness (QED) is 0.714. The summed E-state index contributed by atoms with van der Waals surface area (Å²) in [6, 6.07) is 2.71. The molecule has 0 aliphatic carbocycles. The molecule has 0 bridgehead atoms. The predicted molar refractivity (Wildman–Crippen MR) is 92.5 cm³/mol. The summed E-state index contributed by atoms with van der Waals surface area (Å²) in [5.74, 6) is 0. The first-order chi connectivity index (χ1) is 9.07. The molecule has 0 spiro atoms. The van der Waals surface area contributed by atoms with Crippen molar-refractivity contribution in [1.29, 1.82) is 0 Å². The molecule has 1 aliphatic rings. The molecule has 0 N–H and O–H groups in total. The molecule has 1 atom stereocenters. The van der Waals surface area contributed by atoms with Gasteiger partial charge in [0.1, 0.15) is 0 Å². The van der Waals surface area contributed by atoms with Gasteiger partial charge >= 0.3 is 34.2 Å². The summed E-state index contributed by atoms with van der Waals surface area (Å²) >= 11 is 0. The maximum atomic E-state index is 6.64. The lowest BCUT2D eigenvalue weighted by Crippen LogP contribution is -2.66. The first-order valence-electron chi connectivity index (χ1n) is 7.51. The smallest absolute Gasteiger partial charge is 0.346 e. The second-order valence-electron chi connectivity index (χ2n) is 6.20. The maximum absolute atomic E-state index is 6.64. The van der Waals surface area contributed by atoms with E-state index in [1.54, 1.807) is 0 Å². The molecule has 1 aliphatic heterocycles. The summed E-state index contributed by atoms with van der Waals surface area (Å²) in [7, 11) is -9.15. The van der Waals surface area contributed by atoms with Gasteiger partial charge < -0.3 is 16.5 Å². The Bertz CT molecular complexity index is 357. The molecule has 0 aromatic heterocycles. The molecule has 1 rings (SSSR count). The molecule has 1 saturated heterocycles. The fourth-order valence-corrected chi connectivity index (χ4v) is 24.0. The van der Waals surface area contributed by atoms with E-state index < -0.39 is 34.2 Å². The van der Waals surface area contributed by atoms with Gasteiger partial charge in [0.15, 0.2) is 0 Å². The molecule has 0 aromatic carbocycles. The van der Waals surface area contributed by atoms with Crippen molar-refractivity contribution in [3.05, 3.63) is 12.3 Å². The van der Waals surface area contributed by atoms with Crippen LogP contribution in [0.4, 0.5) is 0 Å². The van der Waals surface area contributed by atoms with Crippen molar-refractivity contribution in [3.63, 3.8) is 0 Å². The Morgan fingerprint density at radius 2 is 1.25 bits per heavy atom. The molecule has 118 valence electrons. The molecular formula is C12H30O4Si4.